The van der Waals surface area contributed by atoms with E-state index in [4.69, 9.17) is 11.1 Å². The molecule has 102 valence electrons. The summed E-state index contributed by atoms with van der Waals surface area (Å²) in [6.45, 7) is 0. The number of rotatable bonds is 4. The Balaban J connectivity index is 2.27. The van der Waals surface area contributed by atoms with Crippen molar-refractivity contribution in [3.63, 3.8) is 0 Å². The lowest BCUT2D eigenvalue weighted by atomic mass is 10.2. The number of hydrazine groups is 1. The van der Waals surface area contributed by atoms with Crippen LogP contribution in [0, 0.1) is 11.3 Å². The van der Waals surface area contributed by atoms with Gasteiger partial charge < -0.3 is 10.2 Å². The minimum atomic E-state index is 0.264. The summed E-state index contributed by atoms with van der Waals surface area (Å²) in [6, 6.07) is 9.01. The highest BCUT2D eigenvalue weighted by Gasteiger charge is 2.07. The molecule has 0 bridgehead atoms. The number of hydrogen-bond donors (Lipinski definition) is 3. The van der Waals surface area contributed by atoms with Gasteiger partial charge in [0.25, 0.3) is 0 Å². The third kappa shape index (κ3) is 3.09. The second-order valence-corrected chi connectivity index (χ2v) is 4.14. The van der Waals surface area contributed by atoms with E-state index in [2.05, 4.69) is 31.8 Å². The predicted molar refractivity (Wildman–Crippen MR) is 76.4 cm³/mol. The third-order valence-corrected chi connectivity index (χ3v) is 2.42. The summed E-state index contributed by atoms with van der Waals surface area (Å²) in [5.74, 6) is 6.44. The smallest absolute Gasteiger partial charge is 0.243 e. The predicted octanol–water partition coefficient (Wildman–Crippen LogP) is 0.838. The van der Waals surface area contributed by atoms with Gasteiger partial charge in [0.1, 0.15) is 0 Å². The van der Waals surface area contributed by atoms with E-state index in [0.29, 0.717) is 17.5 Å². The maximum atomic E-state index is 8.75. The van der Waals surface area contributed by atoms with Crippen molar-refractivity contribution in [1.29, 1.82) is 5.26 Å². The van der Waals surface area contributed by atoms with Crippen molar-refractivity contribution in [1.82, 2.24) is 15.0 Å². The highest BCUT2D eigenvalue weighted by molar-refractivity contribution is 5.56. The minimum Gasteiger partial charge on any atom is -0.347 e. The molecule has 4 N–H and O–H groups in total. The zero-order valence-corrected chi connectivity index (χ0v) is 11.1. The van der Waals surface area contributed by atoms with Gasteiger partial charge in [-0.25, -0.2) is 5.84 Å². The Morgan fingerprint density at radius 2 is 1.75 bits per heavy atom. The fourth-order valence-electron chi connectivity index (χ4n) is 1.44. The lowest BCUT2D eigenvalue weighted by molar-refractivity contribution is 0.957. The summed E-state index contributed by atoms with van der Waals surface area (Å²) >= 11 is 0. The van der Waals surface area contributed by atoms with Gasteiger partial charge >= 0.3 is 0 Å². The van der Waals surface area contributed by atoms with E-state index >= 15 is 0 Å². The number of nitrogens with one attached hydrogen (secondary N) is 2. The number of nitrogens with zero attached hydrogens (tertiary/aromatic N) is 5. The highest BCUT2D eigenvalue weighted by Crippen LogP contribution is 2.16. The van der Waals surface area contributed by atoms with E-state index in [1.165, 1.54) is 0 Å². The maximum Gasteiger partial charge on any atom is 0.243 e. The molecule has 0 unspecified atom stereocenters. The van der Waals surface area contributed by atoms with Crippen LogP contribution >= 0.6 is 0 Å². The molecule has 1 aromatic carbocycles. The summed E-state index contributed by atoms with van der Waals surface area (Å²) in [5, 5.41) is 11.8. The second kappa shape index (κ2) is 5.81. The number of hydrogen-bond acceptors (Lipinski definition) is 8. The first-order chi connectivity index (χ1) is 9.62. The van der Waals surface area contributed by atoms with E-state index in [0.717, 1.165) is 5.69 Å². The molecule has 2 aromatic rings. The van der Waals surface area contributed by atoms with Gasteiger partial charge in [0.05, 0.1) is 11.6 Å². The molecule has 1 aromatic heterocycles. The molecule has 0 atom stereocenters. The largest absolute Gasteiger partial charge is 0.347 e. The van der Waals surface area contributed by atoms with Gasteiger partial charge in [-0.05, 0) is 24.3 Å². The first kappa shape index (κ1) is 13.5. The first-order valence-corrected chi connectivity index (χ1v) is 5.79. The Bertz CT molecular complexity index is 629. The molecule has 2 rings (SSSR count). The van der Waals surface area contributed by atoms with E-state index in [1.807, 2.05) is 14.1 Å². The Morgan fingerprint density at radius 3 is 2.30 bits per heavy atom. The average molecular weight is 270 g/mol. The van der Waals surface area contributed by atoms with Gasteiger partial charge in [0, 0.05) is 19.8 Å². The Morgan fingerprint density at radius 1 is 1.10 bits per heavy atom. The van der Waals surface area contributed by atoms with Crippen molar-refractivity contribution >= 4 is 23.5 Å². The van der Waals surface area contributed by atoms with Crippen molar-refractivity contribution in [2.45, 2.75) is 0 Å². The van der Waals surface area contributed by atoms with Crippen molar-refractivity contribution in [3.8, 4) is 6.07 Å². The first-order valence-electron chi connectivity index (χ1n) is 5.79. The number of nitriles is 1. The van der Waals surface area contributed by atoms with E-state index in [9.17, 15) is 0 Å². The molecule has 0 saturated carbocycles. The zero-order chi connectivity index (χ0) is 14.5. The van der Waals surface area contributed by atoms with Crippen LogP contribution in [0.3, 0.4) is 0 Å². The fraction of sp³-hybridized carbons (Fsp3) is 0.167. The van der Waals surface area contributed by atoms with Crippen LogP contribution in [0.5, 0.6) is 0 Å². The normalized spacial score (nSPS) is 9.70. The molecular formula is C12H14N8. The van der Waals surface area contributed by atoms with Gasteiger partial charge in [0.2, 0.25) is 17.8 Å². The summed E-state index contributed by atoms with van der Waals surface area (Å²) in [7, 11) is 3.64. The van der Waals surface area contributed by atoms with Crippen LogP contribution in [-0.2, 0) is 0 Å². The summed E-state index contributed by atoms with van der Waals surface area (Å²) in [5.41, 5.74) is 3.75. The van der Waals surface area contributed by atoms with Gasteiger partial charge in [-0.1, -0.05) is 0 Å². The van der Waals surface area contributed by atoms with Crippen molar-refractivity contribution in [3.05, 3.63) is 29.8 Å². The Hall–Kier alpha value is -2.92. The van der Waals surface area contributed by atoms with Gasteiger partial charge in [-0.15, -0.1) is 0 Å². The van der Waals surface area contributed by atoms with Crippen LogP contribution < -0.4 is 21.5 Å². The van der Waals surface area contributed by atoms with Crippen molar-refractivity contribution in [2.75, 3.05) is 29.7 Å². The fourth-order valence-corrected chi connectivity index (χ4v) is 1.44. The molecule has 0 saturated heterocycles. The highest BCUT2D eigenvalue weighted by atomic mass is 15.4. The molecule has 0 radical (unpaired) electrons. The van der Waals surface area contributed by atoms with Gasteiger partial charge in [-0.3, -0.25) is 5.43 Å². The van der Waals surface area contributed by atoms with Crippen molar-refractivity contribution in [2.24, 2.45) is 5.84 Å². The Kier molecular flexibility index (Phi) is 3.93. The molecule has 0 fully saturated rings. The molecule has 0 aliphatic rings. The van der Waals surface area contributed by atoms with Crippen LogP contribution in [-0.4, -0.2) is 29.0 Å². The quantitative estimate of drug-likeness (QED) is 0.553. The lowest BCUT2D eigenvalue weighted by Gasteiger charge is -2.13. The van der Waals surface area contributed by atoms with Crippen LogP contribution in [0.25, 0.3) is 0 Å². The minimum absolute atomic E-state index is 0.264. The van der Waals surface area contributed by atoms with Crippen LogP contribution in [0.1, 0.15) is 5.56 Å². The topological polar surface area (TPSA) is 116 Å². The van der Waals surface area contributed by atoms with Crippen LogP contribution in [0.4, 0.5) is 23.5 Å². The maximum absolute atomic E-state index is 8.75. The van der Waals surface area contributed by atoms with Gasteiger partial charge in [0.15, 0.2) is 0 Å². The second-order valence-electron chi connectivity index (χ2n) is 4.14. The van der Waals surface area contributed by atoms with Crippen molar-refractivity contribution < 1.29 is 0 Å². The molecule has 0 aliphatic carbocycles. The van der Waals surface area contributed by atoms with E-state index in [-0.39, 0.29) is 5.95 Å². The number of benzene rings is 1. The monoisotopic (exact) mass is 270 g/mol. The number of anilines is 4. The molecule has 8 nitrogen and oxygen atoms in total. The van der Waals surface area contributed by atoms with Crippen LogP contribution in [0.2, 0.25) is 0 Å². The third-order valence-electron chi connectivity index (χ3n) is 2.42. The van der Waals surface area contributed by atoms with E-state index in [1.54, 1.807) is 29.2 Å². The number of nitrogen functional groups attached to an aromatic ring is 1. The standard InChI is InChI=1S/C12H14N8/c1-20(2)12-17-10(16-11(18-12)19-14)15-9-5-3-8(7-13)4-6-9/h3-6H,14H2,1-2H3,(H2,15,16,17,18,19). The van der Waals surface area contributed by atoms with Crippen LogP contribution in [0.15, 0.2) is 24.3 Å². The SMILES string of the molecule is CN(C)c1nc(NN)nc(Nc2ccc(C#N)cc2)n1. The summed E-state index contributed by atoms with van der Waals surface area (Å²) in [4.78, 5) is 14.2. The van der Waals surface area contributed by atoms with Gasteiger partial charge in [-0.2, -0.15) is 20.2 Å². The molecule has 0 spiro atoms. The average Bonchev–Trinajstić information content (AvgIpc) is 2.47. The molecule has 8 heteroatoms. The molecule has 20 heavy (non-hydrogen) atoms. The summed E-state index contributed by atoms with van der Waals surface area (Å²) in [6.07, 6.45) is 0. The number of nitrogens with two attached hydrogens (primary N) is 1. The molecule has 0 aliphatic heterocycles. The number of aromatic nitrogens is 3. The molecule has 0 amide bonds. The Labute approximate surface area is 116 Å². The molecular weight excluding hydrogens is 256 g/mol. The van der Waals surface area contributed by atoms with E-state index < -0.39 is 0 Å². The zero-order valence-electron chi connectivity index (χ0n) is 11.1. The molecule has 1 heterocycles. The summed E-state index contributed by atoms with van der Waals surface area (Å²) < 4.78 is 0. The lowest BCUT2D eigenvalue weighted by Crippen LogP contribution is -2.18.